The van der Waals surface area contributed by atoms with Crippen LogP contribution in [0.2, 0.25) is 0 Å². The maximum absolute atomic E-state index is 13.1. The quantitative estimate of drug-likeness (QED) is 0.889. The van der Waals surface area contributed by atoms with E-state index in [9.17, 15) is 13.6 Å². The van der Waals surface area contributed by atoms with Crippen LogP contribution in [-0.4, -0.2) is 35.2 Å². The van der Waals surface area contributed by atoms with Crippen molar-refractivity contribution in [3.63, 3.8) is 0 Å². The summed E-state index contributed by atoms with van der Waals surface area (Å²) in [5.41, 5.74) is 1.51. The summed E-state index contributed by atoms with van der Waals surface area (Å²) in [6.45, 7) is 2.32. The SMILES string of the molecule is O=C(Nc1ccc2c(c1)OC(F)(F)O2)C1CCCN(Cc2cccnc2)C1. The van der Waals surface area contributed by atoms with E-state index in [0.29, 0.717) is 12.2 Å². The molecule has 0 bridgehead atoms. The monoisotopic (exact) mass is 375 g/mol. The average Bonchev–Trinajstić information content (AvgIpc) is 2.96. The highest BCUT2D eigenvalue weighted by Crippen LogP contribution is 2.42. The molecule has 1 amide bonds. The third kappa shape index (κ3) is 4.16. The van der Waals surface area contributed by atoms with Gasteiger partial charge in [0.1, 0.15) is 0 Å². The first-order chi connectivity index (χ1) is 13.0. The first-order valence-corrected chi connectivity index (χ1v) is 8.80. The van der Waals surface area contributed by atoms with Gasteiger partial charge in [-0.15, -0.1) is 8.78 Å². The van der Waals surface area contributed by atoms with Gasteiger partial charge in [0.05, 0.1) is 5.92 Å². The number of benzene rings is 1. The van der Waals surface area contributed by atoms with Crippen LogP contribution in [0.25, 0.3) is 0 Å². The number of anilines is 1. The van der Waals surface area contributed by atoms with Crippen LogP contribution < -0.4 is 14.8 Å². The molecular weight excluding hydrogens is 356 g/mol. The Balaban J connectivity index is 1.37. The van der Waals surface area contributed by atoms with Crippen molar-refractivity contribution in [1.29, 1.82) is 0 Å². The number of hydrogen-bond donors (Lipinski definition) is 1. The summed E-state index contributed by atoms with van der Waals surface area (Å²) in [7, 11) is 0. The van der Waals surface area contributed by atoms with Gasteiger partial charge in [-0.1, -0.05) is 6.07 Å². The summed E-state index contributed by atoms with van der Waals surface area (Å²) in [5, 5.41) is 2.79. The molecule has 6 nitrogen and oxygen atoms in total. The van der Waals surface area contributed by atoms with Crippen molar-refractivity contribution < 1.29 is 23.0 Å². The highest BCUT2D eigenvalue weighted by Gasteiger charge is 2.43. The number of amides is 1. The molecule has 0 radical (unpaired) electrons. The molecule has 0 spiro atoms. The summed E-state index contributed by atoms with van der Waals surface area (Å²) >= 11 is 0. The van der Waals surface area contributed by atoms with Crippen molar-refractivity contribution in [2.45, 2.75) is 25.7 Å². The van der Waals surface area contributed by atoms with E-state index in [1.54, 1.807) is 6.20 Å². The molecule has 8 heteroatoms. The van der Waals surface area contributed by atoms with Crippen molar-refractivity contribution in [3.8, 4) is 11.5 Å². The van der Waals surface area contributed by atoms with Crippen molar-refractivity contribution in [2.24, 2.45) is 5.92 Å². The van der Waals surface area contributed by atoms with Gasteiger partial charge in [-0.25, -0.2) is 0 Å². The molecule has 1 aromatic heterocycles. The molecule has 2 aliphatic heterocycles. The number of nitrogens with one attached hydrogen (secondary N) is 1. The second-order valence-electron chi connectivity index (χ2n) is 6.75. The van der Waals surface area contributed by atoms with Crippen molar-refractivity contribution in [2.75, 3.05) is 18.4 Å². The van der Waals surface area contributed by atoms with E-state index in [2.05, 4.69) is 24.7 Å². The van der Waals surface area contributed by atoms with Gasteiger partial charge in [0.15, 0.2) is 11.5 Å². The Morgan fingerprint density at radius 3 is 2.96 bits per heavy atom. The molecule has 1 N–H and O–H groups in total. The fraction of sp³-hybridized carbons (Fsp3) is 0.368. The van der Waals surface area contributed by atoms with Crippen LogP contribution >= 0.6 is 0 Å². The lowest BCUT2D eigenvalue weighted by atomic mass is 9.96. The van der Waals surface area contributed by atoms with Gasteiger partial charge in [0.25, 0.3) is 0 Å². The van der Waals surface area contributed by atoms with E-state index in [1.807, 2.05) is 18.3 Å². The zero-order chi connectivity index (χ0) is 18.9. The molecule has 1 fully saturated rings. The van der Waals surface area contributed by atoms with Gasteiger partial charge in [0, 0.05) is 37.2 Å². The Morgan fingerprint density at radius 1 is 1.30 bits per heavy atom. The zero-order valence-corrected chi connectivity index (χ0v) is 14.5. The summed E-state index contributed by atoms with van der Waals surface area (Å²) < 4.78 is 35.0. The number of alkyl halides is 2. The lowest BCUT2D eigenvalue weighted by molar-refractivity contribution is -0.286. The topological polar surface area (TPSA) is 63.7 Å². The van der Waals surface area contributed by atoms with Gasteiger partial charge in [-0.2, -0.15) is 0 Å². The second kappa shape index (κ2) is 7.11. The number of fused-ring (bicyclic) bond motifs is 1. The van der Waals surface area contributed by atoms with Crippen LogP contribution in [0.15, 0.2) is 42.7 Å². The Labute approximate surface area is 155 Å². The summed E-state index contributed by atoms with van der Waals surface area (Å²) in [6, 6.07) is 8.15. The van der Waals surface area contributed by atoms with Crippen LogP contribution in [0.3, 0.4) is 0 Å². The van der Waals surface area contributed by atoms with Crippen LogP contribution in [0, 0.1) is 5.92 Å². The number of ether oxygens (including phenoxy) is 2. The van der Waals surface area contributed by atoms with Gasteiger partial charge in [-0.3, -0.25) is 14.7 Å². The Bertz CT molecular complexity index is 832. The second-order valence-corrected chi connectivity index (χ2v) is 6.75. The molecule has 0 aliphatic carbocycles. The number of pyridine rings is 1. The number of hydrogen-bond acceptors (Lipinski definition) is 5. The Hall–Kier alpha value is -2.74. The summed E-state index contributed by atoms with van der Waals surface area (Å²) in [6.07, 6.45) is 1.61. The highest BCUT2D eigenvalue weighted by molar-refractivity contribution is 5.93. The first kappa shape index (κ1) is 17.7. The van der Waals surface area contributed by atoms with E-state index in [0.717, 1.165) is 31.5 Å². The average molecular weight is 375 g/mol. The lowest BCUT2D eigenvalue weighted by Crippen LogP contribution is -2.40. The normalized spacial score (nSPS) is 21.0. The van der Waals surface area contributed by atoms with Gasteiger partial charge in [-0.05, 0) is 43.1 Å². The predicted octanol–water partition coefficient (Wildman–Crippen LogP) is 3.25. The third-order valence-corrected chi connectivity index (χ3v) is 4.67. The lowest BCUT2D eigenvalue weighted by Gasteiger charge is -2.31. The highest BCUT2D eigenvalue weighted by atomic mass is 19.3. The molecule has 2 aromatic rings. The number of rotatable bonds is 4. The Kier molecular flexibility index (Phi) is 4.65. The molecule has 1 unspecified atom stereocenters. The van der Waals surface area contributed by atoms with E-state index < -0.39 is 6.29 Å². The maximum Gasteiger partial charge on any atom is 0.586 e. The largest absolute Gasteiger partial charge is 0.586 e. The van der Waals surface area contributed by atoms with E-state index in [1.165, 1.54) is 18.2 Å². The summed E-state index contributed by atoms with van der Waals surface area (Å²) in [5.74, 6) is -0.420. The van der Waals surface area contributed by atoms with Crippen LogP contribution in [0.4, 0.5) is 14.5 Å². The molecule has 2 aliphatic rings. The minimum absolute atomic E-state index is 0.0432. The number of nitrogens with zero attached hydrogens (tertiary/aromatic N) is 2. The van der Waals surface area contributed by atoms with E-state index in [-0.39, 0.29) is 23.3 Å². The minimum Gasteiger partial charge on any atom is -0.395 e. The predicted molar refractivity (Wildman–Crippen MR) is 93.5 cm³/mol. The molecular formula is C19H19F2N3O3. The summed E-state index contributed by atoms with van der Waals surface area (Å²) in [4.78, 5) is 19.0. The van der Waals surface area contributed by atoms with Gasteiger partial charge in [0.2, 0.25) is 5.91 Å². The molecule has 0 saturated carbocycles. The molecule has 1 aromatic carbocycles. The fourth-order valence-electron chi connectivity index (χ4n) is 3.43. The van der Waals surface area contributed by atoms with Crippen LogP contribution in [-0.2, 0) is 11.3 Å². The molecule has 1 atom stereocenters. The van der Waals surface area contributed by atoms with Crippen molar-refractivity contribution in [1.82, 2.24) is 9.88 Å². The van der Waals surface area contributed by atoms with Gasteiger partial charge < -0.3 is 14.8 Å². The van der Waals surface area contributed by atoms with Crippen LogP contribution in [0.1, 0.15) is 18.4 Å². The molecule has 27 heavy (non-hydrogen) atoms. The number of piperidine rings is 1. The number of aromatic nitrogens is 1. The van der Waals surface area contributed by atoms with Crippen molar-refractivity contribution in [3.05, 3.63) is 48.3 Å². The number of halogens is 2. The number of carbonyl (C=O) groups excluding carboxylic acids is 1. The first-order valence-electron chi connectivity index (χ1n) is 8.80. The smallest absolute Gasteiger partial charge is 0.395 e. The van der Waals surface area contributed by atoms with Gasteiger partial charge >= 0.3 is 6.29 Å². The van der Waals surface area contributed by atoms with Crippen LogP contribution in [0.5, 0.6) is 11.5 Å². The zero-order valence-electron chi connectivity index (χ0n) is 14.5. The molecule has 3 heterocycles. The standard InChI is InChI=1S/C19H19F2N3O3/c20-19(21)26-16-6-5-15(9-17(16)27-19)23-18(25)14-4-2-8-24(12-14)11-13-3-1-7-22-10-13/h1,3,5-7,9-10,14H,2,4,8,11-12H2,(H,23,25). The van der Waals surface area contributed by atoms with E-state index >= 15 is 0 Å². The van der Waals surface area contributed by atoms with E-state index in [4.69, 9.17) is 0 Å². The maximum atomic E-state index is 13.1. The number of carbonyl (C=O) groups is 1. The molecule has 1 saturated heterocycles. The van der Waals surface area contributed by atoms with Crippen molar-refractivity contribution >= 4 is 11.6 Å². The third-order valence-electron chi connectivity index (χ3n) is 4.67. The minimum atomic E-state index is -3.67. The number of likely N-dealkylation sites (tertiary alicyclic amines) is 1. The molecule has 142 valence electrons. The Morgan fingerprint density at radius 2 is 2.15 bits per heavy atom. The fourth-order valence-corrected chi connectivity index (χ4v) is 3.43. The molecule has 4 rings (SSSR count).